The second kappa shape index (κ2) is 3.44. The van der Waals surface area contributed by atoms with Crippen molar-refractivity contribution in [3.8, 4) is 0 Å². The highest BCUT2D eigenvalue weighted by molar-refractivity contribution is 6.01. The normalized spacial score (nSPS) is 21.1. The molecule has 0 atom stereocenters. The molecule has 1 aliphatic rings. The Labute approximate surface area is 80.5 Å². The number of allylic oxidation sites excluding steroid dienone is 1. The molecule has 0 amide bonds. The molecule has 72 valence electrons. The lowest BCUT2D eigenvalue weighted by atomic mass is 9.88. The fourth-order valence-corrected chi connectivity index (χ4v) is 1.04. The quantitative estimate of drug-likeness (QED) is 0.589. The highest BCUT2D eigenvalue weighted by atomic mass is 14.9. The van der Waals surface area contributed by atoms with Crippen LogP contribution in [-0.2, 0) is 0 Å². The van der Waals surface area contributed by atoms with Crippen LogP contribution in [0.1, 0.15) is 34.6 Å². The summed E-state index contributed by atoms with van der Waals surface area (Å²) in [5.41, 5.74) is 1.17. The Balaban J connectivity index is 3.04. The molecule has 0 aromatic rings. The topological polar surface area (TPSA) is 24.7 Å². The van der Waals surface area contributed by atoms with Gasteiger partial charge >= 0.3 is 0 Å². The van der Waals surface area contributed by atoms with E-state index in [2.05, 4.69) is 50.7 Å². The first-order valence-electron chi connectivity index (χ1n) is 4.74. The maximum Gasteiger partial charge on any atom is 0.130 e. The van der Waals surface area contributed by atoms with Crippen molar-refractivity contribution in [2.75, 3.05) is 0 Å². The molecule has 2 nitrogen and oxygen atoms in total. The van der Waals surface area contributed by atoms with Crippen LogP contribution in [0.5, 0.6) is 0 Å². The van der Waals surface area contributed by atoms with E-state index in [1.54, 1.807) is 0 Å². The molecule has 1 aliphatic heterocycles. The molecule has 0 aliphatic carbocycles. The number of nitrogens with zero attached hydrogens (tertiary/aromatic N) is 2. The van der Waals surface area contributed by atoms with Gasteiger partial charge in [0.05, 0.1) is 0 Å². The van der Waals surface area contributed by atoms with Gasteiger partial charge in [-0.25, -0.2) is 9.98 Å². The number of hydrogen-bond donors (Lipinski definition) is 0. The lowest BCUT2D eigenvalue weighted by Crippen LogP contribution is -2.19. The maximum atomic E-state index is 4.53. The molecule has 0 saturated heterocycles. The summed E-state index contributed by atoms with van der Waals surface area (Å²) in [5.74, 6) is 1.33. The minimum absolute atomic E-state index is 0.0418. The van der Waals surface area contributed by atoms with Crippen molar-refractivity contribution in [3.05, 3.63) is 12.3 Å². The predicted octanol–water partition coefficient (Wildman–Crippen LogP) is 3.06. The minimum Gasteiger partial charge on any atom is -0.242 e. The van der Waals surface area contributed by atoms with Gasteiger partial charge in [-0.1, -0.05) is 33.8 Å². The van der Waals surface area contributed by atoms with E-state index in [1.165, 1.54) is 0 Å². The van der Waals surface area contributed by atoms with E-state index in [0.717, 1.165) is 11.5 Å². The molecule has 0 radical (unpaired) electrons. The Morgan fingerprint density at radius 1 is 1.31 bits per heavy atom. The van der Waals surface area contributed by atoms with Gasteiger partial charge in [0.15, 0.2) is 0 Å². The predicted molar refractivity (Wildman–Crippen MR) is 58.3 cm³/mol. The summed E-state index contributed by atoms with van der Waals surface area (Å²) >= 11 is 0. The zero-order valence-corrected chi connectivity index (χ0v) is 9.13. The number of aliphatic imine (C=N–C) groups is 2. The Morgan fingerprint density at radius 2 is 1.92 bits per heavy atom. The molecule has 13 heavy (non-hydrogen) atoms. The van der Waals surface area contributed by atoms with Crippen molar-refractivity contribution in [1.82, 2.24) is 0 Å². The van der Waals surface area contributed by atoms with Crippen LogP contribution in [0.25, 0.3) is 0 Å². The molecule has 2 heteroatoms. The Bertz CT molecular complexity index is 280. The Hall–Kier alpha value is -0.920. The lowest BCUT2D eigenvalue weighted by molar-refractivity contribution is 0.673. The zero-order valence-electron chi connectivity index (χ0n) is 9.13. The van der Waals surface area contributed by atoms with E-state index >= 15 is 0 Å². The molecule has 0 N–H and O–H groups in total. The van der Waals surface area contributed by atoms with E-state index < -0.39 is 0 Å². The lowest BCUT2D eigenvalue weighted by Gasteiger charge is -2.18. The van der Waals surface area contributed by atoms with Gasteiger partial charge in [0.2, 0.25) is 0 Å². The Morgan fingerprint density at radius 3 is 2.46 bits per heavy atom. The van der Waals surface area contributed by atoms with Crippen molar-refractivity contribution < 1.29 is 0 Å². The summed E-state index contributed by atoms with van der Waals surface area (Å²) in [6.07, 6.45) is 3.97. The molecule has 1 heterocycles. The van der Waals surface area contributed by atoms with Gasteiger partial charge < -0.3 is 0 Å². The van der Waals surface area contributed by atoms with Crippen molar-refractivity contribution in [1.29, 1.82) is 0 Å². The molecular formula is C11H18N2. The fourth-order valence-electron chi connectivity index (χ4n) is 1.04. The van der Waals surface area contributed by atoms with E-state index in [0.29, 0.717) is 5.92 Å². The summed E-state index contributed by atoms with van der Waals surface area (Å²) in [7, 11) is 0. The van der Waals surface area contributed by atoms with E-state index in [1.807, 2.05) is 6.20 Å². The molecule has 0 aromatic carbocycles. The van der Waals surface area contributed by atoms with Crippen molar-refractivity contribution in [3.63, 3.8) is 0 Å². The largest absolute Gasteiger partial charge is 0.242 e. The SMILES string of the molecule is CC1=NC(C(C)C)=NC=CC1(C)C. The average Bonchev–Trinajstić information content (AvgIpc) is 2.12. The van der Waals surface area contributed by atoms with Crippen LogP contribution < -0.4 is 0 Å². The molecule has 0 spiro atoms. The van der Waals surface area contributed by atoms with Crippen molar-refractivity contribution in [2.45, 2.75) is 34.6 Å². The standard InChI is InChI=1S/C11H18N2/c1-8(2)10-12-7-6-11(4,5)9(3)13-10/h6-8H,1-5H3. The van der Waals surface area contributed by atoms with Crippen molar-refractivity contribution >= 4 is 11.5 Å². The number of rotatable bonds is 1. The molecule has 0 unspecified atom stereocenters. The van der Waals surface area contributed by atoms with E-state index in [-0.39, 0.29) is 5.41 Å². The third-order valence-electron chi connectivity index (χ3n) is 2.43. The van der Waals surface area contributed by atoms with Gasteiger partial charge in [-0.15, -0.1) is 0 Å². The van der Waals surface area contributed by atoms with Gasteiger partial charge in [0, 0.05) is 23.2 Å². The van der Waals surface area contributed by atoms with E-state index in [4.69, 9.17) is 0 Å². The second-order valence-electron chi connectivity index (χ2n) is 4.38. The highest BCUT2D eigenvalue weighted by Gasteiger charge is 2.20. The van der Waals surface area contributed by atoms with Gasteiger partial charge in [0.1, 0.15) is 5.84 Å². The number of hydrogen-bond acceptors (Lipinski definition) is 2. The molecule has 0 bridgehead atoms. The molecule has 0 aromatic heterocycles. The summed E-state index contributed by atoms with van der Waals surface area (Å²) in [4.78, 5) is 8.85. The average molecular weight is 178 g/mol. The van der Waals surface area contributed by atoms with Gasteiger partial charge in [-0.3, -0.25) is 0 Å². The summed E-state index contributed by atoms with van der Waals surface area (Å²) < 4.78 is 0. The zero-order chi connectivity index (χ0) is 10.1. The first-order chi connectivity index (χ1) is 5.93. The van der Waals surface area contributed by atoms with Crippen LogP contribution in [-0.4, -0.2) is 11.5 Å². The maximum absolute atomic E-state index is 4.53. The van der Waals surface area contributed by atoms with Crippen molar-refractivity contribution in [2.24, 2.45) is 21.3 Å². The molecular weight excluding hydrogens is 160 g/mol. The van der Waals surface area contributed by atoms with Gasteiger partial charge in [-0.2, -0.15) is 0 Å². The first kappa shape index (κ1) is 10.2. The van der Waals surface area contributed by atoms with Crippen LogP contribution in [0.3, 0.4) is 0 Å². The summed E-state index contributed by atoms with van der Waals surface area (Å²) in [5, 5.41) is 0. The van der Waals surface area contributed by atoms with Crippen LogP contribution in [0.15, 0.2) is 22.3 Å². The monoisotopic (exact) mass is 178 g/mol. The summed E-state index contributed by atoms with van der Waals surface area (Å²) in [6.45, 7) is 10.6. The number of amidine groups is 1. The van der Waals surface area contributed by atoms with Crippen LogP contribution in [0.4, 0.5) is 0 Å². The summed E-state index contributed by atoms with van der Waals surface area (Å²) in [6, 6.07) is 0. The minimum atomic E-state index is 0.0418. The second-order valence-corrected chi connectivity index (χ2v) is 4.38. The fraction of sp³-hybridized carbons (Fsp3) is 0.636. The third-order valence-corrected chi connectivity index (χ3v) is 2.43. The van der Waals surface area contributed by atoms with Gasteiger partial charge in [-0.05, 0) is 6.92 Å². The Kier molecular flexibility index (Phi) is 2.69. The van der Waals surface area contributed by atoms with Crippen LogP contribution in [0, 0.1) is 11.3 Å². The third kappa shape index (κ3) is 2.27. The molecule has 1 rings (SSSR count). The highest BCUT2D eigenvalue weighted by Crippen LogP contribution is 2.22. The first-order valence-corrected chi connectivity index (χ1v) is 4.74. The molecule has 0 fully saturated rings. The van der Waals surface area contributed by atoms with Gasteiger partial charge in [0.25, 0.3) is 0 Å². The van der Waals surface area contributed by atoms with E-state index in [9.17, 15) is 0 Å². The van der Waals surface area contributed by atoms with Crippen LogP contribution in [0.2, 0.25) is 0 Å². The molecule has 0 saturated carbocycles. The smallest absolute Gasteiger partial charge is 0.130 e. The van der Waals surface area contributed by atoms with Crippen LogP contribution >= 0.6 is 0 Å².